The second-order valence-electron chi connectivity index (χ2n) is 2.18. The predicted molar refractivity (Wildman–Crippen MR) is 28.3 cm³/mol. The van der Waals surface area contributed by atoms with Gasteiger partial charge < -0.3 is 9.47 Å². The maximum atomic E-state index is 5.18. The van der Waals surface area contributed by atoms with Crippen molar-refractivity contribution in [2.24, 2.45) is 0 Å². The van der Waals surface area contributed by atoms with E-state index in [9.17, 15) is 0 Å². The van der Waals surface area contributed by atoms with Crippen LogP contribution in [0.2, 0.25) is 0 Å². The molecule has 0 spiro atoms. The molecule has 0 aromatic heterocycles. The van der Waals surface area contributed by atoms with Gasteiger partial charge in [-0.15, -0.1) is 0 Å². The van der Waals surface area contributed by atoms with E-state index in [0.717, 1.165) is 6.61 Å². The van der Waals surface area contributed by atoms with Gasteiger partial charge in [-0.05, 0) is 0 Å². The van der Waals surface area contributed by atoms with Gasteiger partial charge in [-0.2, -0.15) is 0 Å². The molecule has 2 aliphatic heterocycles. The lowest BCUT2D eigenvalue weighted by Crippen LogP contribution is -2.00. The Morgan fingerprint density at radius 1 is 1.57 bits per heavy atom. The molecule has 0 radical (unpaired) electrons. The summed E-state index contributed by atoms with van der Waals surface area (Å²) in [6.45, 7) is 0.948. The lowest BCUT2D eigenvalue weighted by Gasteiger charge is -1.73. The number of hydrogen-bond donors (Lipinski definition) is 0. The SMILES string of the molecule is [SiH3]C1OC1C1CO1. The van der Waals surface area contributed by atoms with E-state index in [-0.39, 0.29) is 0 Å². The van der Waals surface area contributed by atoms with Crippen molar-refractivity contribution in [2.75, 3.05) is 6.61 Å². The largest absolute Gasteiger partial charge is 0.372 e. The highest BCUT2D eigenvalue weighted by molar-refractivity contribution is 6.13. The van der Waals surface area contributed by atoms with E-state index in [1.54, 1.807) is 0 Å². The van der Waals surface area contributed by atoms with Gasteiger partial charge in [-0.1, -0.05) is 0 Å². The average molecular weight is 116 g/mol. The van der Waals surface area contributed by atoms with Crippen LogP contribution in [0.3, 0.4) is 0 Å². The van der Waals surface area contributed by atoms with Crippen molar-refractivity contribution in [1.29, 1.82) is 0 Å². The molecule has 3 atom stereocenters. The van der Waals surface area contributed by atoms with Gasteiger partial charge >= 0.3 is 0 Å². The fraction of sp³-hybridized carbons (Fsp3) is 1.00. The first-order chi connectivity index (χ1) is 3.38. The highest BCUT2D eigenvalue weighted by Gasteiger charge is 2.47. The molecule has 0 amide bonds. The van der Waals surface area contributed by atoms with Crippen molar-refractivity contribution in [1.82, 2.24) is 0 Å². The van der Waals surface area contributed by atoms with Crippen LogP contribution in [-0.2, 0) is 9.47 Å². The first-order valence-corrected chi connectivity index (χ1v) is 3.80. The minimum atomic E-state index is 0.502. The fourth-order valence-corrected chi connectivity index (χ4v) is 1.58. The molecule has 2 aliphatic rings. The Morgan fingerprint density at radius 3 is 2.29 bits per heavy atom. The summed E-state index contributed by atoms with van der Waals surface area (Å²) in [6.07, 6.45) is 1.02. The maximum Gasteiger partial charge on any atom is 0.109 e. The average Bonchev–Trinajstić information content (AvgIpc) is 2.23. The third-order valence-corrected chi connectivity index (χ3v) is 2.41. The molecular weight excluding hydrogens is 108 g/mol. The first kappa shape index (κ1) is 4.06. The first-order valence-electron chi connectivity index (χ1n) is 2.65. The summed E-state index contributed by atoms with van der Waals surface area (Å²) < 4.78 is 10.2. The lowest BCUT2D eigenvalue weighted by atomic mass is 10.4. The van der Waals surface area contributed by atoms with Crippen molar-refractivity contribution in [2.45, 2.75) is 17.9 Å². The summed E-state index contributed by atoms with van der Waals surface area (Å²) in [5.41, 5.74) is 0.618. The number of ether oxygens (including phenoxy) is 2. The second kappa shape index (κ2) is 1.10. The van der Waals surface area contributed by atoms with E-state index in [1.165, 1.54) is 10.2 Å². The zero-order valence-electron chi connectivity index (χ0n) is 4.26. The smallest absolute Gasteiger partial charge is 0.109 e. The Morgan fingerprint density at radius 2 is 2.14 bits per heavy atom. The van der Waals surface area contributed by atoms with E-state index in [2.05, 4.69) is 0 Å². The van der Waals surface area contributed by atoms with Crippen LogP contribution in [0.25, 0.3) is 0 Å². The lowest BCUT2D eigenvalue weighted by molar-refractivity contribution is 0.323. The zero-order chi connectivity index (χ0) is 4.85. The van der Waals surface area contributed by atoms with Crippen molar-refractivity contribution in [3.63, 3.8) is 0 Å². The molecule has 0 bridgehead atoms. The molecule has 0 N–H and O–H groups in total. The number of rotatable bonds is 1. The van der Waals surface area contributed by atoms with Gasteiger partial charge in [0.25, 0.3) is 0 Å². The van der Waals surface area contributed by atoms with E-state index >= 15 is 0 Å². The van der Waals surface area contributed by atoms with E-state index in [4.69, 9.17) is 9.47 Å². The van der Waals surface area contributed by atoms with Gasteiger partial charge in [-0.25, -0.2) is 0 Å². The van der Waals surface area contributed by atoms with Crippen LogP contribution < -0.4 is 0 Å². The standard InChI is InChI=1S/C4H8O2Si/c7-4-3(6-4)2-1-5-2/h2-4H,1H2,7H3. The number of hydrogen-bond acceptors (Lipinski definition) is 2. The summed E-state index contributed by atoms with van der Waals surface area (Å²) in [4.78, 5) is 0. The molecule has 3 unspecified atom stereocenters. The van der Waals surface area contributed by atoms with Gasteiger partial charge in [0.15, 0.2) is 0 Å². The molecule has 0 aromatic carbocycles. The monoisotopic (exact) mass is 116 g/mol. The Bertz CT molecular complexity index is 91.7. The molecule has 2 rings (SSSR count). The van der Waals surface area contributed by atoms with Gasteiger partial charge in [-0.3, -0.25) is 0 Å². The van der Waals surface area contributed by atoms with Gasteiger partial charge in [0.1, 0.15) is 12.2 Å². The summed E-state index contributed by atoms with van der Waals surface area (Å²) in [7, 11) is 1.18. The topological polar surface area (TPSA) is 25.1 Å². The molecule has 2 saturated heterocycles. The highest BCUT2D eigenvalue weighted by Crippen LogP contribution is 2.30. The Labute approximate surface area is 45.2 Å². The fourth-order valence-electron chi connectivity index (χ4n) is 0.838. The molecule has 0 aromatic rings. The van der Waals surface area contributed by atoms with Gasteiger partial charge in [0.05, 0.1) is 12.3 Å². The normalized spacial score (nSPS) is 57.4. The predicted octanol–water partition coefficient (Wildman–Crippen LogP) is -1.52. The van der Waals surface area contributed by atoms with Crippen molar-refractivity contribution in [3.05, 3.63) is 0 Å². The van der Waals surface area contributed by atoms with E-state index in [1.807, 2.05) is 0 Å². The van der Waals surface area contributed by atoms with Crippen LogP contribution >= 0.6 is 0 Å². The number of epoxide rings is 2. The van der Waals surface area contributed by atoms with Crippen LogP contribution in [0.4, 0.5) is 0 Å². The van der Waals surface area contributed by atoms with Crippen LogP contribution in [0.1, 0.15) is 0 Å². The van der Waals surface area contributed by atoms with Crippen LogP contribution in [-0.4, -0.2) is 34.8 Å². The van der Waals surface area contributed by atoms with Gasteiger partial charge in [0, 0.05) is 10.2 Å². The third-order valence-electron chi connectivity index (χ3n) is 1.48. The molecule has 7 heavy (non-hydrogen) atoms. The Hall–Kier alpha value is 0.137. The Kier molecular flexibility index (Phi) is 0.638. The molecule has 0 aliphatic carbocycles. The molecule has 0 saturated carbocycles. The summed E-state index contributed by atoms with van der Waals surface area (Å²) in [5, 5.41) is 0. The molecular formula is C4H8O2Si. The van der Waals surface area contributed by atoms with Crippen molar-refractivity contribution < 1.29 is 9.47 Å². The molecule has 2 heterocycles. The minimum Gasteiger partial charge on any atom is -0.372 e. The zero-order valence-corrected chi connectivity index (χ0v) is 6.26. The molecule has 2 nitrogen and oxygen atoms in total. The molecule has 3 heteroatoms. The second-order valence-corrected chi connectivity index (χ2v) is 3.32. The highest BCUT2D eigenvalue weighted by atomic mass is 28.1. The maximum absolute atomic E-state index is 5.18. The molecule has 40 valence electrons. The summed E-state index contributed by atoms with van der Waals surface area (Å²) in [6, 6.07) is 0. The molecule has 2 fully saturated rings. The summed E-state index contributed by atoms with van der Waals surface area (Å²) >= 11 is 0. The minimum absolute atomic E-state index is 0.502. The van der Waals surface area contributed by atoms with Crippen molar-refractivity contribution >= 4 is 10.2 Å². The quantitative estimate of drug-likeness (QED) is 0.307. The van der Waals surface area contributed by atoms with Crippen LogP contribution in [0, 0.1) is 0 Å². The van der Waals surface area contributed by atoms with E-state index in [0.29, 0.717) is 17.9 Å². The van der Waals surface area contributed by atoms with Crippen LogP contribution in [0.5, 0.6) is 0 Å². The third kappa shape index (κ3) is 0.609. The van der Waals surface area contributed by atoms with Crippen molar-refractivity contribution in [3.8, 4) is 0 Å². The Balaban J connectivity index is 1.88. The van der Waals surface area contributed by atoms with Gasteiger partial charge in [0.2, 0.25) is 0 Å². The summed E-state index contributed by atoms with van der Waals surface area (Å²) in [5.74, 6) is 0. The van der Waals surface area contributed by atoms with E-state index < -0.39 is 0 Å². The van der Waals surface area contributed by atoms with Crippen LogP contribution in [0.15, 0.2) is 0 Å².